The van der Waals surface area contributed by atoms with E-state index in [2.05, 4.69) is 5.32 Å². The van der Waals surface area contributed by atoms with Crippen molar-refractivity contribution in [2.75, 3.05) is 11.9 Å². The molecule has 0 saturated heterocycles. The highest BCUT2D eigenvalue weighted by Crippen LogP contribution is 2.35. The molecule has 3 aromatic rings. The average molecular weight is 431 g/mol. The second-order valence-corrected chi connectivity index (χ2v) is 7.29. The van der Waals surface area contributed by atoms with Crippen molar-refractivity contribution in [3.8, 4) is 5.75 Å². The van der Waals surface area contributed by atoms with Gasteiger partial charge in [-0.05, 0) is 61.2 Å². The van der Waals surface area contributed by atoms with E-state index in [0.717, 1.165) is 29.0 Å². The van der Waals surface area contributed by atoms with Gasteiger partial charge in [-0.3, -0.25) is 9.59 Å². The van der Waals surface area contributed by atoms with Gasteiger partial charge in [0.2, 0.25) is 5.91 Å². The standard InChI is InChI=1S/C25H21NO6/c1-2-31-18-5-3-4-15(13-18)12-16-6-8-20-24(30)19-9-7-17(14-21(19)32-25(16)20)26-22(27)10-11-23(28)29/h3-5,7,9-14H,2,6,8H2,1H3,(H,26,27)(H,28,29). The first-order valence-corrected chi connectivity index (χ1v) is 10.2. The number of carbonyl (C=O) groups is 2. The first-order chi connectivity index (χ1) is 15.4. The number of benzene rings is 2. The summed E-state index contributed by atoms with van der Waals surface area (Å²) in [7, 11) is 0. The number of aliphatic carboxylic acids is 1. The zero-order valence-corrected chi connectivity index (χ0v) is 17.4. The second kappa shape index (κ2) is 8.93. The lowest BCUT2D eigenvalue weighted by molar-refractivity contribution is -0.131. The molecular formula is C25H21NO6. The van der Waals surface area contributed by atoms with Crippen molar-refractivity contribution in [1.29, 1.82) is 0 Å². The van der Waals surface area contributed by atoms with Crippen molar-refractivity contribution in [1.82, 2.24) is 0 Å². The Morgan fingerprint density at radius 1 is 1.16 bits per heavy atom. The highest BCUT2D eigenvalue weighted by Gasteiger charge is 2.24. The van der Waals surface area contributed by atoms with Crippen molar-refractivity contribution in [2.45, 2.75) is 19.8 Å². The molecule has 4 rings (SSSR count). The van der Waals surface area contributed by atoms with Gasteiger partial charge in [0, 0.05) is 29.5 Å². The van der Waals surface area contributed by atoms with Gasteiger partial charge in [-0.15, -0.1) is 0 Å². The Hall–Kier alpha value is -4.13. The van der Waals surface area contributed by atoms with E-state index in [1.54, 1.807) is 18.2 Å². The molecular weight excluding hydrogens is 410 g/mol. The SMILES string of the molecule is CCOc1cccc(C=C2CCc3c2oc2cc(NC(=O)C=CC(=O)O)ccc2c3=O)c1. The van der Waals surface area contributed by atoms with E-state index in [9.17, 15) is 14.4 Å². The van der Waals surface area contributed by atoms with Crippen LogP contribution in [-0.2, 0) is 16.0 Å². The van der Waals surface area contributed by atoms with Gasteiger partial charge in [-0.1, -0.05) is 12.1 Å². The van der Waals surface area contributed by atoms with Crippen molar-refractivity contribution in [3.63, 3.8) is 0 Å². The number of ether oxygens (including phenoxy) is 1. The van der Waals surface area contributed by atoms with Crippen LogP contribution in [0.4, 0.5) is 5.69 Å². The van der Waals surface area contributed by atoms with E-state index in [1.807, 2.05) is 37.3 Å². The van der Waals surface area contributed by atoms with E-state index >= 15 is 0 Å². The molecule has 0 fully saturated rings. The van der Waals surface area contributed by atoms with Gasteiger partial charge in [-0.2, -0.15) is 0 Å². The fourth-order valence-corrected chi connectivity index (χ4v) is 3.70. The summed E-state index contributed by atoms with van der Waals surface area (Å²) in [5.41, 5.74) is 3.18. The van der Waals surface area contributed by atoms with Gasteiger partial charge in [0.25, 0.3) is 0 Å². The largest absolute Gasteiger partial charge is 0.494 e. The third-order valence-electron chi connectivity index (χ3n) is 5.08. The minimum Gasteiger partial charge on any atom is -0.494 e. The zero-order chi connectivity index (χ0) is 22.7. The number of amides is 1. The van der Waals surface area contributed by atoms with Crippen molar-refractivity contribution in [3.05, 3.63) is 81.7 Å². The molecule has 1 heterocycles. The average Bonchev–Trinajstić information content (AvgIpc) is 3.15. The molecule has 1 aliphatic rings. The van der Waals surface area contributed by atoms with Crippen LogP contribution < -0.4 is 15.5 Å². The Labute approximate surface area is 183 Å². The molecule has 162 valence electrons. The predicted molar refractivity (Wildman–Crippen MR) is 122 cm³/mol. The van der Waals surface area contributed by atoms with Gasteiger partial charge in [0.1, 0.15) is 17.1 Å². The molecule has 1 amide bonds. The first kappa shape index (κ1) is 21.1. The summed E-state index contributed by atoms with van der Waals surface area (Å²) in [6.45, 7) is 2.51. The van der Waals surface area contributed by atoms with Gasteiger partial charge < -0.3 is 19.6 Å². The maximum atomic E-state index is 13.0. The maximum Gasteiger partial charge on any atom is 0.328 e. The minimum atomic E-state index is -1.22. The molecule has 0 atom stereocenters. The summed E-state index contributed by atoms with van der Waals surface area (Å²) in [6, 6.07) is 12.5. The quantitative estimate of drug-likeness (QED) is 0.565. The summed E-state index contributed by atoms with van der Waals surface area (Å²) in [5.74, 6) is -0.479. The van der Waals surface area contributed by atoms with E-state index in [-0.39, 0.29) is 5.43 Å². The lowest BCUT2D eigenvalue weighted by atomic mass is 10.1. The number of hydrogen-bond acceptors (Lipinski definition) is 5. The molecule has 7 nitrogen and oxygen atoms in total. The van der Waals surface area contributed by atoms with Crippen LogP contribution in [0.3, 0.4) is 0 Å². The number of carboxylic acid groups (broad SMARTS) is 1. The Morgan fingerprint density at radius 3 is 2.78 bits per heavy atom. The number of nitrogens with one attached hydrogen (secondary N) is 1. The van der Waals surface area contributed by atoms with Gasteiger partial charge in [0.05, 0.1) is 12.0 Å². The lowest BCUT2D eigenvalue weighted by Crippen LogP contribution is -2.11. The molecule has 0 aliphatic heterocycles. The van der Waals surface area contributed by atoms with Crippen molar-refractivity contribution in [2.24, 2.45) is 0 Å². The van der Waals surface area contributed by atoms with E-state index in [4.69, 9.17) is 14.3 Å². The van der Waals surface area contributed by atoms with E-state index in [1.165, 1.54) is 0 Å². The highest BCUT2D eigenvalue weighted by atomic mass is 16.5. The van der Waals surface area contributed by atoms with Crippen LogP contribution in [0.25, 0.3) is 22.6 Å². The third kappa shape index (κ3) is 4.46. The van der Waals surface area contributed by atoms with Gasteiger partial charge in [-0.25, -0.2) is 4.79 Å². The molecule has 32 heavy (non-hydrogen) atoms. The molecule has 2 N–H and O–H groups in total. The van der Waals surface area contributed by atoms with E-state index in [0.29, 0.717) is 47.4 Å². The predicted octanol–water partition coefficient (Wildman–Crippen LogP) is 4.26. The van der Waals surface area contributed by atoms with E-state index < -0.39 is 11.9 Å². The summed E-state index contributed by atoms with van der Waals surface area (Å²) < 4.78 is 11.7. The number of carboxylic acids is 1. The zero-order valence-electron chi connectivity index (χ0n) is 17.4. The number of fused-ring (bicyclic) bond motifs is 2. The summed E-state index contributed by atoms with van der Waals surface area (Å²) in [5, 5.41) is 11.6. The van der Waals surface area contributed by atoms with Crippen molar-refractivity contribution < 1.29 is 23.8 Å². The fraction of sp³-hybridized carbons (Fsp3) is 0.160. The van der Waals surface area contributed by atoms with Crippen LogP contribution in [-0.4, -0.2) is 23.6 Å². The Morgan fingerprint density at radius 2 is 2.00 bits per heavy atom. The number of rotatable bonds is 6. The first-order valence-electron chi connectivity index (χ1n) is 10.2. The summed E-state index contributed by atoms with van der Waals surface area (Å²) in [6.07, 6.45) is 4.95. The monoisotopic (exact) mass is 431 g/mol. The second-order valence-electron chi connectivity index (χ2n) is 7.29. The lowest BCUT2D eigenvalue weighted by Gasteiger charge is -2.07. The number of anilines is 1. The van der Waals surface area contributed by atoms with Crippen molar-refractivity contribution >= 4 is 40.2 Å². The minimum absolute atomic E-state index is 0.0867. The maximum absolute atomic E-state index is 13.0. The molecule has 0 spiro atoms. The molecule has 7 heteroatoms. The molecule has 2 aromatic carbocycles. The van der Waals surface area contributed by atoms with Gasteiger partial charge >= 0.3 is 5.97 Å². The number of allylic oxidation sites excluding steroid dienone is 1. The highest BCUT2D eigenvalue weighted by molar-refractivity contribution is 6.03. The summed E-state index contributed by atoms with van der Waals surface area (Å²) >= 11 is 0. The van der Waals surface area contributed by atoms with Crippen LogP contribution in [0.2, 0.25) is 0 Å². The molecule has 1 aromatic heterocycles. The van der Waals surface area contributed by atoms with Crippen LogP contribution in [0.15, 0.2) is 63.8 Å². The number of hydrogen-bond donors (Lipinski definition) is 2. The molecule has 0 unspecified atom stereocenters. The topological polar surface area (TPSA) is 106 Å². The molecule has 0 radical (unpaired) electrons. The number of carbonyl (C=O) groups excluding carboxylic acids is 1. The Balaban J connectivity index is 1.69. The normalized spacial score (nSPS) is 14.1. The summed E-state index contributed by atoms with van der Waals surface area (Å²) in [4.78, 5) is 35.4. The Bertz CT molecular complexity index is 1330. The van der Waals surface area contributed by atoms with Crippen LogP contribution in [0.1, 0.15) is 30.2 Å². The van der Waals surface area contributed by atoms with Crippen LogP contribution >= 0.6 is 0 Å². The van der Waals surface area contributed by atoms with Gasteiger partial charge in [0.15, 0.2) is 5.43 Å². The Kier molecular flexibility index (Phi) is 5.89. The smallest absolute Gasteiger partial charge is 0.328 e. The molecule has 1 aliphatic carbocycles. The molecule has 0 bridgehead atoms. The third-order valence-corrected chi connectivity index (χ3v) is 5.08. The molecule has 0 saturated carbocycles. The van der Waals surface area contributed by atoms with Crippen LogP contribution in [0.5, 0.6) is 5.75 Å². The fourth-order valence-electron chi connectivity index (χ4n) is 3.70. The van der Waals surface area contributed by atoms with Crippen LogP contribution in [0, 0.1) is 0 Å².